The quantitative estimate of drug-likeness (QED) is 0.416. The highest BCUT2D eigenvalue weighted by atomic mass is 32.1. The van der Waals surface area contributed by atoms with E-state index in [1.54, 1.807) is 13.0 Å². The van der Waals surface area contributed by atoms with Gasteiger partial charge in [0.1, 0.15) is 22.4 Å². The van der Waals surface area contributed by atoms with Gasteiger partial charge in [-0.3, -0.25) is 4.79 Å². The van der Waals surface area contributed by atoms with Crippen molar-refractivity contribution < 1.29 is 13.9 Å². The zero-order valence-corrected chi connectivity index (χ0v) is 18.8. The van der Waals surface area contributed by atoms with Crippen LogP contribution in [0.1, 0.15) is 28.0 Å². The van der Waals surface area contributed by atoms with Crippen molar-refractivity contribution >= 4 is 33.2 Å². The highest BCUT2D eigenvalue weighted by Gasteiger charge is 2.23. The molecule has 2 aromatic heterocycles. The predicted octanol–water partition coefficient (Wildman–Crippen LogP) is 5.21. The molecule has 0 saturated heterocycles. The third kappa shape index (κ3) is 3.90. The van der Waals surface area contributed by atoms with E-state index in [0.29, 0.717) is 27.5 Å². The van der Waals surface area contributed by atoms with Gasteiger partial charge in [-0.15, -0.1) is 11.3 Å². The second-order valence-corrected chi connectivity index (χ2v) is 9.03. The van der Waals surface area contributed by atoms with Crippen LogP contribution in [0.15, 0.2) is 57.7 Å². The smallest absolute Gasteiger partial charge is 0.336 e. The third-order valence-electron chi connectivity index (χ3n) is 5.84. The Hall–Kier alpha value is -3.89. The van der Waals surface area contributed by atoms with Gasteiger partial charge in [0, 0.05) is 21.9 Å². The van der Waals surface area contributed by atoms with Crippen LogP contribution in [-0.2, 0) is 17.6 Å². The van der Waals surface area contributed by atoms with Crippen molar-refractivity contribution in [2.24, 2.45) is 0 Å². The van der Waals surface area contributed by atoms with Crippen LogP contribution in [0.2, 0.25) is 0 Å². The van der Waals surface area contributed by atoms with Crippen molar-refractivity contribution in [3.05, 3.63) is 80.5 Å². The number of nitriles is 1. The van der Waals surface area contributed by atoms with Crippen LogP contribution < -0.4 is 15.7 Å². The number of thiophene rings is 1. The van der Waals surface area contributed by atoms with Crippen molar-refractivity contribution in [1.29, 1.82) is 5.26 Å². The summed E-state index contributed by atoms with van der Waals surface area (Å²) in [5, 5.41) is 13.7. The topological polar surface area (TPSA) is 92.3 Å². The maximum absolute atomic E-state index is 12.5. The Kier molecular flexibility index (Phi) is 5.45. The molecule has 7 heteroatoms. The van der Waals surface area contributed by atoms with Gasteiger partial charge in [0.25, 0.3) is 5.91 Å². The summed E-state index contributed by atoms with van der Waals surface area (Å²) in [6, 6.07) is 16.9. The third-order valence-corrected chi connectivity index (χ3v) is 7.05. The number of fused-ring (bicyclic) bond motifs is 2. The number of rotatable bonds is 5. The number of hydrogen-bond donors (Lipinski definition) is 1. The van der Waals surface area contributed by atoms with Gasteiger partial charge in [-0.25, -0.2) is 4.79 Å². The van der Waals surface area contributed by atoms with E-state index in [1.165, 1.54) is 22.3 Å². The second-order valence-electron chi connectivity index (χ2n) is 7.92. The lowest BCUT2D eigenvalue weighted by Crippen LogP contribution is -2.20. The summed E-state index contributed by atoms with van der Waals surface area (Å²) in [4.78, 5) is 25.9. The van der Waals surface area contributed by atoms with Gasteiger partial charge in [-0.1, -0.05) is 30.3 Å². The average Bonchev–Trinajstić information content (AvgIpc) is 3.40. The normalized spacial score (nSPS) is 12.4. The fourth-order valence-electron chi connectivity index (χ4n) is 4.27. The Bertz CT molecular complexity index is 1480. The fraction of sp³-hybridized carbons (Fsp3) is 0.192. The van der Waals surface area contributed by atoms with E-state index in [0.717, 1.165) is 41.3 Å². The van der Waals surface area contributed by atoms with E-state index >= 15 is 0 Å². The second kappa shape index (κ2) is 8.57. The molecule has 1 aliphatic rings. The number of anilines is 1. The lowest BCUT2D eigenvalue weighted by Gasteiger charge is -2.12. The van der Waals surface area contributed by atoms with E-state index in [4.69, 9.17) is 9.15 Å². The van der Waals surface area contributed by atoms with Gasteiger partial charge < -0.3 is 14.5 Å². The number of nitrogens with one attached hydrogen (secondary N) is 1. The van der Waals surface area contributed by atoms with Gasteiger partial charge in [0.05, 0.1) is 5.56 Å². The molecule has 6 nitrogen and oxygen atoms in total. The summed E-state index contributed by atoms with van der Waals surface area (Å²) in [5.41, 5.74) is 3.95. The summed E-state index contributed by atoms with van der Waals surface area (Å²) in [7, 11) is 0. The maximum atomic E-state index is 12.5. The molecule has 0 spiro atoms. The van der Waals surface area contributed by atoms with Crippen molar-refractivity contribution in [3.8, 4) is 22.9 Å². The minimum absolute atomic E-state index is 0.220. The molecule has 2 heterocycles. The first-order valence-electron chi connectivity index (χ1n) is 10.7. The van der Waals surface area contributed by atoms with Crippen LogP contribution in [0, 0.1) is 18.3 Å². The molecule has 4 aromatic rings. The molecular formula is C26H20N2O4S. The van der Waals surface area contributed by atoms with Gasteiger partial charge in [-0.2, -0.15) is 5.26 Å². The molecule has 0 saturated carbocycles. The highest BCUT2D eigenvalue weighted by Crippen LogP contribution is 2.38. The first-order valence-corrected chi connectivity index (χ1v) is 11.5. The van der Waals surface area contributed by atoms with Gasteiger partial charge in [0.15, 0.2) is 6.61 Å². The number of amides is 1. The number of nitrogens with zero attached hydrogens (tertiary/aromatic N) is 1. The van der Waals surface area contributed by atoms with Crippen LogP contribution in [0.4, 0.5) is 5.00 Å². The first kappa shape index (κ1) is 21.0. The minimum Gasteiger partial charge on any atom is -0.483 e. The van der Waals surface area contributed by atoms with Crippen LogP contribution >= 0.6 is 11.3 Å². The molecule has 164 valence electrons. The Morgan fingerprint density at radius 2 is 2.03 bits per heavy atom. The number of benzene rings is 2. The monoisotopic (exact) mass is 456 g/mol. The SMILES string of the molecule is Cc1c(OCC(=O)Nc2sc3c(c2C#N)CCC3)ccc2c(-c3ccccc3)cc(=O)oc12. The van der Waals surface area contributed by atoms with Gasteiger partial charge >= 0.3 is 5.63 Å². The zero-order valence-electron chi connectivity index (χ0n) is 17.9. The minimum atomic E-state index is -0.450. The van der Waals surface area contributed by atoms with Crippen LogP contribution in [0.5, 0.6) is 5.75 Å². The molecule has 33 heavy (non-hydrogen) atoms. The van der Waals surface area contributed by atoms with E-state index in [2.05, 4.69) is 11.4 Å². The van der Waals surface area contributed by atoms with E-state index < -0.39 is 5.63 Å². The molecule has 0 atom stereocenters. The Balaban J connectivity index is 1.38. The van der Waals surface area contributed by atoms with Crippen molar-refractivity contribution in [2.45, 2.75) is 26.2 Å². The predicted molar refractivity (Wildman–Crippen MR) is 128 cm³/mol. The summed E-state index contributed by atoms with van der Waals surface area (Å²) < 4.78 is 11.3. The molecule has 1 N–H and O–H groups in total. The van der Waals surface area contributed by atoms with Crippen LogP contribution in [0.25, 0.3) is 22.1 Å². The van der Waals surface area contributed by atoms with E-state index in [-0.39, 0.29) is 12.5 Å². The molecule has 1 amide bonds. The molecule has 2 aromatic carbocycles. The number of carbonyl (C=O) groups excluding carboxylic acids is 1. The molecule has 0 bridgehead atoms. The number of hydrogen-bond acceptors (Lipinski definition) is 6. The van der Waals surface area contributed by atoms with Crippen molar-refractivity contribution in [1.82, 2.24) is 0 Å². The highest BCUT2D eigenvalue weighted by molar-refractivity contribution is 7.16. The molecule has 5 rings (SSSR count). The number of ether oxygens (including phenoxy) is 1. The first-order chi connectivity index (χ1) is 16.0. The Morgan fingerprint density at radius 1 is 1.21 bits per heavy atom. The van der Waals surface area contributed by atoms with E-state index in [9.17, 15) is 14.9 Å². The lowest BCUT2D eigenvalue weighted by molar-refractivity contribution is -0.118. The van der Waals surface area contributed by atoms with Crippen LogP contribution in [0.3, 0.4) is 0 Å². The summed E-state index contributed by atoms with van der Waals surface area (Å²) >= 11 is 1.47. The molecule has 1 aliphatic carbocycles. The molecule has 0 unspecified atom stereocenters. The average molecular weight is 457 g/mol. The summed E-state index contributed by atoms with van der Waals surface area (Å²) in [6.07, 6.45) is 2.89. The molecule has 0 radical (unpaired) electrons. The van der Waals surface area contributed by atoms with Gasteiger partial charge in [-0.05, 0) is 55.0 Å². The van der Waals surface area contributed by atoms with Crippen molar-refractivity contribution in [3.63, 3.8) is 0 Å². The maximum Gasteiger partial charge on any atom is 0.336 e. The standard InChI is InChI=1S/C26H20N2O4S/c1-15-21(31-14-23(29)28-26-20(13-27)17-8-5-9-22(17)33-26)11-10-18-19(12-24(30)32-25(15)18)16-6-3-2-4-7-16/h2-4,6-7,10-12H,5,8-9,14H2,1H3,(H,28,29). The molecular weight excluding hydrogens is 436 g/mol. The number of carbonyl (C=O) groups is 1. The number of aryl methyl sites for hydroxylation is 2. The van der Waals surface area contributed by atoms with Crippen molar-refractivity contribution in [2.75, 3.05) is 11.9 Å². The Morgan fingerprint density at radius 3 is 2.82 bits per heavy atom. The summed E-state index contributed by atoms with van der Waals surface area (Å²) in [5.74, 6) is 0.116. The molecule has 0 fully saturated rings. The lowest BCUT2D eigenvalue weighted by atomic mass is 10.0. The molecule has 0 aliphatic heterocycles. The van der Waals surface area contributed by atoms with E-state index in [1.807, 2.05) is 36.4 Å². The van der Waals surface area contributed by atoms with Crippen LogP contribution in [-0.4, -0.2) is 12.5 Å². The largest absolute Gasteiger partial charge is 0.483 e. The van der Waals surface area contributed by atoms with Gasteiger partial charge in [0.2, 0.25) is 0 Å². The zero-order chi connectivity index (χ0) is 22.9. The summed E-state index contributed by atoms with van der Waals surface area (Å²) in [6.45, 7) is 1.58. The fourth-order valence-corrected chi connectivity index (χ4v) is 5.53. The Labute approximate surface area is 194 Å².